The number of ether oxygens (including phenoxy) is 2. The van der Waals surface area contributed by atoms with Crippen LogP contribution in [0.3, 0.4) is 0 Å². The molecule has 0 saturated carbocycles. The summed E-state index contributed by atoms with van der Waals surface area (Å²) in [5, 5.41) is 0. The maximum Gasteiger partial charge on any atom is 0.161 e. The molecule has 120 valence electrons. The van der Waals surface area contributed by atoms with E-state index in [2.05, 4.69) is 32.6 Å². The quantitative estimate of drug-likeness (QED) is 0.801. The maximum absolute atomic E-state index is 6.79. The van der Waals surface area contributed by atoms with Crippen LogP contribution in [-0.2, 0) is 5.54 Å². The van der Waals surface area contributed by atoms with Crippen LogP contribution in [0.2, 0.25) is 0 Å². The van der Waals surface area contributed by atoms with E-state index in [0.29, 0.717) is 5.92 Å². The summed E-state index contributed by atoms with van der Waals surface area (Å²) in [5.74, 6) is 1.77. The van der Waals surface area contributed by atoms with E-state index in [9.17, 15) is 0 Å². The number of nitrogens with two attached hydrogens (primary N) is 1. The summed E-state index contributed by atoms with van der Waals surface area (Å²) < 4.78 is 10.7. The van der Waals surface area contributed by atoms with Crippen LogP contribution in [0.4, 0.5) is 0 Å². The van der Waals surface area contributed by atoms with Crippen LogP contribution >= 0.6 is 0 Å². The Morgan fingerprint density at radius 1 is 1.10 bits per heavy atom. The molecule has 1 rings (SSSR count). The Balaban J connectivity index is 3.21. The zero-order chi connectivity index (χ0) is 16.0. The smallest absolute Gasteiger partial charge is 0.161 e. The van der Waals surface area contributed by atoms with Crippen molar-refractivity contribution in [2.75, 3.05) is 33.9 Å². The molecule has 1 aromatic carbocycles. The van der Waals surface area contributed by atoms with Crippen molar-refractivity contribution >= 4 is 0 Å². The average Bonchev–Trinajstić information content (AvgIpc) is 2.51. The number of methoxy groups -OCH3 is 2. The lowest BCUT2D eigenvalue weighted by Gasteiger charge is -2.38. The van der Waals surface area contributed by atoms with Gasteiger partial charge in [-0.3, -0.25) is 0 Å². The van der Waals surface area contributed by atoms with Crippen molar-refractivity contribution < 1.29 is 9.47 Å². The Bertz CT molecular complexity index is 444. The molecular weight excluding hydrogens is 264 g/mol. The second-order valence-corrected chi connectivity index (χ2v) is 5.73. The van der Waals surface area contributed by atoms with Crippen molar-refractivity contribution in [1.82, 2.24) is 4.90 Å². The Labute approximate surface area is 129 Å². The van der Waals surface area contributed by atoms with Crippen molar-refractivity contribution in [3.05, 3.63) is 23.8 Å². The first-order chi connectivity index (χ1) is 9.92. The first-order valence-corrected chi connectivity index (χ1v) is 7.66. The van der Waals surface area contributed by atoms with Gasteiger partial charge in [-0.25, -0.2) is 0 Å². The average molecular weight is 294 g/mol. The predicted molar refractivity (Wildman–Crippen MR) is 88.0 cm³/mol. The second kappa shape index (κ2) is 7.66. The normalized spacial score (nSPS) is 14.3. The lowest BCUT2D eigenvalue weighted by molar-refractivity contribution is 0.183. The summed E-state index contributed by atoms with van der Waals surface area (Å²) >= 11 is 0. The number of benzene rings is 1. The number of nitrogens with zero attached hydrogens (tertiary/aromatic N) is 1. The molecule has 21 heavy (non-hydrogen) atoms. The van der Waals surface area contributed by atoms with E-state index >= 15 is 0 Å². The number of hydrogen-bond acceptors (Lipinski definition) is 4. The zero-order valence-corrected chi connectivity index (χ0v) is 14.3. The topological polar surface area (TPSA) is 47.7 Å². The third kappa shape index (κ3) is 3.89. The first kappa shape index (κ1) is 17.8. The molecule has 4 nitrogen and oxygen atoms in total. The molecule has 0 amide bonds. The molecule has 0 radical (unpaired) electrons. The Morgan fingerprint density at radius 3 is 2.10 bits per heavy atom. The van der Waals surface area contributed by atoms with Gasteiger partial charge in [0.15, 0.2) is 11.5 Å². The molecule has 1 aromatic rings. The summed E-state index contributed by atoms with van der Waals surface area (Å²) in [6, 6.07) is 5.98. The lowest BCUT2D eigenvalue weighted by Crippen LogP contribution is -2.51. The van der Waals surface area contributed by atoms with Gasteiger partial charge < -0.3 is 20.1 Å². The molecule has 0 aromatic heterocycles. The van der Waals surface area contributed by atoms with Crippen molar-refractivity contribution in [2.45, 2.75) is 33.2 Å². The minimum Gasteiger partial charge on any atom is -0.493 e. The standard InChI is InChI=1S/C17H30N2O2/c1-7-19(8-2)12-17(18,13(3)4)14-9-10-15(20-5)16(11-14)21-6/h9-11,13H,7-8,12,18H2,1-6H3. The molecule has 1 unspecified atom stereocenters. The van der Waals surface area contributed by atoms with E-state index in [1.54, 1.807) is 14.2 Å². The minimum absolute atomic E-state index is 0.316. The van der Waals surface area contributed by atoms with Gasteiger partial charge in [0.1, 0.15) is 0 Å². The number of hydrogen-bond donors (Lipinski definition) is 1. The molecule has 1 atom stereocenters. The van der Waals surface area contributed by atoms with E-state index in [0.717, 1.165) is 36.7 Å². The Hall–Kier alpha value is -1.26. The molecule has 0 aliphatic carbocycles. The molecule has 0 aliphatic rings. The van der Waals surface area contributed by atoms with Gasteiger partial charge in [0, 0.05) is 6.54 Å². The van der Waals surface area contributed by atoms with Gasteiger partial charge in [-0.05, 0) is 36.7 Å². The van der Waals surface area contributed by atoms with Gasteiger partial charge in [0.25, 0.3) is 0 Å². The van der Waals surface area contributed by atoms with Crippen LogP contribution in [0.15, 0.2) is 18.2 Å². The summed E-state index contributed by atoms with van der Waals surface area (Å²) in [6.45, 7) is 11.5. The van der Waals surface area contributed by atoms with E-state index in [-0.39, 0.29) is 0 Å². The summed E-state index contributed by atoms with van der Waals surface area (Å²) in [6.07, 6.45) is 0. The van der Waals surface area contributed by atoms with Crippen LogP contribution < -0.4 is 15.2 Å². The van der Waals surface area contributed by atoms with Gasteiger partial charge in [-0.1, -0.05) is 33.8 Å². The summed E-state index contributed by atoms with van der Waals surface area (Å²) in [7, 11) is 3.30. The SMILES string of the molecule is CCN(CC)CC(N)(c1ccc(OC)c(OC)c1)C(C)C. The van der Waals surface area contributed by atoms with Gasteiger partial charge in [-0.2, -0.15) is 0 Å². The van der Waals surface area contributed by atoms with Gasteiger partial charge in [0.05, 0.1) is 19.8 Å². The summed E-state index contributed by atoms with van der Waals surface area (Å²) in [5.41, 5.74) is 7.47. The molecular formula is C17H30N2O2. The van der Waals surface area contributed by atoms with Gasteiger partial charge in [0.2, 0.25) is 0 Å². The Kier molecular flexibility index (Phi) is 6.49. The van der Waals surface area contributed by atoms with Crippen LogP contribution in [0.1, 0.15) is 33.3 Å². The molecule has 0 bridgehead atoms. The highest BCUT2D eigenvalue weighted by Crippen LogP contribution is 2.35. The van der Waals surface area contributed by atoms with Gasteiger partial charge in [-0.15, -0.1) is 0 Å². The van der Waals surface area contributed by atoms with E-state index in [1.807, 2.05) is 18.2 Å². The highest BCUT2D eigenvalue weighted by atomic mass is 16.5. The fourth-order valence-corrected chi connectivity index (χ4v) is 2.55. The lowest BCUT2D eigenvalue weighted by atomic mass is 9.80. The van der Waals surface area contributed by atoms with E-state index in [1.165, 1.54) is 0 Å². The second-order valence-electron chi connectivity index (χ2n) is 5.73. The molecule has 4 heteroatoms. The highest BCUT2D eigenvalue weighted by molar-refractivity contribution is 5.45. The molecule has 0 spiro atoms. The number of rotatable bonds is 8. The predicted octanol–water partition coefficient (Wildman–Crippen LogP) is 2.86. The molecule has 0 saturated heterocycles. The molecule has 2 N–H and O–H groups in total. The molecule has 0 fully saturated rings. The Morgan fingerprint density at radius 2 is 1.67 bits per heavy atom. The largest absolute Gasteiger partial charge is 0.493 e. The highest BCUT2D eigenvalue weighted by Gasteiger charge is 2.33. The zero-order valence-electron chi connectivity index (χ0n) is 14.3. The third-order valence-corrected chi connectivity index (χ3v) is 4.33. The van der Waals surface area contributed by atoms with Crippen molar-refractivity contribution in [2.24, 2.45) is 11.7 Å². The van der Waals surface area contributed by atoms with Crippen molar-refractivity contribution in [3.63, 3.8) is 0 Å². The van der Waals surface area contributed by atoms with Crippen molar-refractivity contribution in [1.29, 1.82) is 0 Å². The monoisotopic (exact) mass is 294 g/mol. The molecule has 0 aliphatic heterocycles. The van der Waals surface area contributed by atoms with Crippen LogP contribution in [0.25, 0.3) is 0 Å². The third-order valence-electron chi connectivity index (χ3n) is 4.33. The van der Waals surface area contributed by atoms with Gasteiger partial charge >= 0.3 is 0 Å². The number of likely N-dealkylation sites (N-methyl/N-ethyl adjacent to an activating group) is 1. The van der Waals surface area contributed by atoms with Crippen LogP contribution in [0.5, 0.6) is 11.5 Å². The summed E-state index contributed by atoms with van der Waals surface area (Å²) in [4.78, 5) is 2.36. The van der Waals surface area contributed by atoms with E-state index < -0.39 is 5.54 Å². The fourth-order valence-electron chi connectivity index (χ4n) is 2.55. The van der Waals surface area contributed by atoms with Crippen molar-refractivity contribution in [3.8, 4) is 11.5 Å². The molecule has 0 heterocycles. The first-order valence-electron chi connectivity index (χ1n) is 7.66. The minimum atomic E-state index is -0.411. The van der Waals surface area contributed by atoms with E-state index in [4.69, 9.17) is 15.2 Å². The fraction of sp³-hybridized carbons (Fsp3) is 0.647. The van der Waals surface area contributed by atoms with Crippen LogP contribution in [0, 0.1) is 5.92 Å². The maximum atomic E-state index is 6.79. The van der Waals surface area contributed by atoms with Crippen LogP contribution in [-0.4, -0.2) is 38.8 Å².